The summed E-state index contributed by atoms with van der Waals surface area (Å²) in [6, 6.07) is 0.984. The molecule has 1 saturated carbocycles. The summed E-state index contributed by atoms with van der Waals surface area (Å²) < 4.78 is 5.06. The zero-order chi connectivity index (χ0) is 12.7. The fourth-order valence-corrected chi connectivity index (χ4v) is 1.82. The van der Waals surface area contributed by atoms with Gasteiger partial charge in [0.1, 0.15) is 0 Å². The molecule has 1 aliphatic carbocycles. The SMILES string of the molecule is CCC(C)N(CCOC)C(=O)CCNC1CC1. The molecule has 4 heteroatoms. The van der Waals surface area contributed by atoms with E-state index in [0.717, 1.165) is 13.0 Å². The normalized spacial score (nSPS) is 16.9. The summed E-state index contributed by atoms with van der Waals surface area (Å²) in [5.41, 5.74) is 0. The van der Waals surface area contributed by atoms with Crippen molar-refractivity contribution >= 4 is 5.91 Å². The summed E-state index contributed by atoms with van der Waals surface area (Å²) in [6.45, 7) is 6.34. The Labute approximate surface area is 105 Å². The molecule has 1 aliphatic rings. The van der Waals surface area contributed by atoms with Crippen LogP contribution in [0.3, 0.4) is 0 Å². The third kappa shape index (κ3) is 5.50. The van der Waals surface area contributed by atoms with Crippen LogP contribution in [0.2, 0.25) is 0 Å². The van der Waals surface area contributed by atoms with Gasteiger partial charge in [0.25, 0.3) is 0 Å². The molecule has 0 aromatic rings. The predicted molar refractivity (Wildman–Crippen MR) is 69.0 cm³/mol. The molecule has 1 atom stereocenters. The summed E-state index contributed by atoms with van der Waals surface area (Å²) in [5.74, 6) is 0.240. The van der Waals surface area contributed by atoms with Gasteiger partial charge in [-0.25, -0.2) is 0 Å². The first-order valence-electron chi connectivity index (χ1n) is 6.70. The predicted octanol–water partition coefficient (Wildman–Crippen LogP) is 1.40. The first-order valence-corrected chi connectivity index (χ1v) is 6.70. The van der Waals surface area contributed by atoms with E-state index in [1.165, 1.54) is 12.8 Å². The van der Waals surface area contributed by atoms with E-state index in [2.05, 4.69) is 19.2 Å². The molecule has 100 valence electrons. The minimum atomic E-state index is 0.240. The summed E-state index contributed by atoms with van der Waals surface area (Å²) in [6.07, 6.45) is 4.13. The number of methoxy groups -OCH3 is 1. The Kier molecular flexibility index (Phi) is 6.52. The van der Waals surface area contributed by atoms with Crippen molar-refractivity contribution in [2.45, 2.75) is 51.6 Å². The van der Waals surface area contributed by atoms with Crippen LogP contribution >= 0.6 is 0 Å². The van der Waals surface area contributed by atoms with Crippen molar-refractivity contribution in [2.24, 2.45) is 0 Å². The van der Waals surface area contributed by atoms with E-state index >= 15 is 0 Å². The van der Waals surface area contributed by atoms with Gasteiger partial charge in [0, 0.05) is 38.7 Å². The van der Waals surface area contributed by atoms with Gasteiger partial charge in [0.2, 0.25) is 5.91 Å². The number of rotatable bonds is 9. The van der Waals surface area contributed by atoms with Gasteiger partial charge in [-0.1, -0.05) is 6.92 Å². The third-order valence-corrected chi connectivity index (χ3v) is 3.33. The van der Waals surface area contributed by atoms with Gasteiger partial charge in [-0.15, -0.1) is 0 Å². The Hall–Kier alpha value is -0.610. The van der Waals surface area contributed by atoms with Gasteiger partial charge in [0.05, 0.1) is 6.61 Å². The van der Waals surface area contributed by atoms with Crippen molar-refractivity contribution in [2.75, 3.05) is 26.8 Å². The summed E-state index contributed by atoms with van der Waals surface area (Å²) in [5, 5.41) is 3.38. The van der Waals surface area contributed by atoms with Crippen LogP contribution in [0.4, 0.5) is 0 Å². The van der Waals surface area contributed by atoms with Crippen molar-refractivity contribution in [1.82, 2.24) is 10.2 Å². The number of hydrogen-bond acceptors (Lipinski definition) is 3. The minimum Gasteiger partial charge on any atom is -0.383 e. The fraction of sp³-hybridized carbons (Fsp3) is 0.923. The second-order valence-corrected chi connectivity index (χ2v) is 4.82. The maximum Gasteiger partial charge on any atom is 0.224 e. The van der Waals surface area contributed by atoms with Crippen molar-refractivity contribution in [3.8, 4) is 0 Å². The Morgan fingerprint density at radius 1 is 1.53 bits per heavy atom. The van der Waals surface area contributed by atoms with Crippen LogP contribution in [0.1, 0.15) is 39.5 Å². The molecule has 0 aromatic heterocycles. The maximum absolute atomic E-state index is 12.1. The standard InChI is InChI=1S/C13H26N2O2/c1-4-11(2)15(9-10-17-3)13(16)7-8-14-12-5-6-12/h11-12,14H,4-10H2,1-3H3. The van der Waals surface area contributed by atoms with E-state index in [0.29, 0.717) is 31.7 Å². The zero-order valence-corrected chi connectivity index (χ0v) is 11.4. The Balaban J connectivity index is 2.28. The minimum absolute atomic E-state index is 0.240. The quantitative estimate of drug-likeness (QED) is 0.664. The Bertz CT molecular complexity index is 229. The van der Waals surface area contributed by atoms with Crippen molar-refractivity contribution in [3.05, 3.63) is 0 Å². The third-order valence-electron chi connectivity index (χ3n) is 3.33. The van der Waals surface area contributed by atoms with Crippen LogP contribution in [0.25, 0.3) is 0 Å². The van der Waals surface area contributed by atoms with E-state index in [9.17, 15) is 4.79 Å². The largest absolute Gasteiger partial charge is 0.383 e. The highest BCUT2D eigenvalue weighted by Gasteiger charge is 2.22. The smallest absolute Gasteiger partial charge is 0.224 e. The van der Waals surface area contributed by atoms with Gasteiger partial charge in [-0.2, -0.15) is 0 Å². The molecule has 1 fully saturated rings. The lowest BCUT2D eigenvalue weighted by Crippen LogP contribution is -2.41. The van der Waals surface area contributed by atoms with Crippen molar-refractivity contribution < 1.29 is 9.53 Å². The average molecular weight is 242 g/mol. The van der Waals surface area contributed by atoms with Crippen LogP contribution in [0, 0.1) is 0 Å². The molecule has 0 aromatic carbocycles. The molecule has 0 radical (unpaired) electrons. The van der Waals surface area contributed by atoms with E-state index in [1.54, 1.807) is 7.11 Å². The molecular weight excluding hydrogens is 216 g/mol. The second-order valence-electron chi connectivity index (χ2n) is 4.82. The summed E-state index contributed by atoms with van der Waals surface area (Å²) in [7, 11) is 1.67. The average Bonchev–Trinajstić information content (AvgIpc) is 3.13. The van der Waals surface area contributed by atoms with Crippen molar-refractivity contribution in [3.63, 3.8) is 0 Å². The van der Waals surface area contributed by atoms with Gasteiger partial charge in [0.15, 0.2) is 0 Å². The number of nitrogens with zero attached hydrogens (tertiary/aromatic N) is 1. The van der Waals surface area contributed by atoms with Crippen LogP contribution in [0.15, 0.2) is 0 Å². The van der Waals surface area contributed by atoms with Crippen molar-refractivity contribution in [1.29, 1.82) is 0 Å². The molecule has 0 heterocycles. The number of hydrogen-bond donors (Lipinski definition) is 1. The molecule has 0 bridgehead atoms. The number of ether oxygens (including phenoxy) is 1. The van der Waals surface area contributed by atoms with Crippen LogP contribution in [-0.2, 0) is 9.53 Å². The zero-order valence-electron chi connectivity index (χ0n) is 11.4. The number of amides is 1. The van der Waals surface area contributed by atoms with E-state index < -0.39 is 0 Å². The molecule has 4 nitrogen and oxygen atoms in total. The molecule has 0 spiro atoms. The Morgan fingerprint density at radius 2 is 2.24 bits per heavy atom. The highest BCUT2D eigenvalue weighted by atomic mass is 16.5. The van der Waals surface area contributed by atoms with E-state index in [-0.39, 0.29) is 5.91 Å². The molecule has 1 unspecified atom stereocenters. The first kappa shape index (κ1) is 14.5. The molecule has 0 aliphatic heterocycles. The van der Waals surface area contributed by atoms with Gasteiger partial charge >= 0.3 is 0 Å². The van der Waals surface area contributed by atoms with Gasteiger partial charge in [-0.05, 0) is 26.2 Å². The molecule has 1 rings (SSSR count). The highest BCUT2D eigenvalue weighted by Crippen LogP contribution is 2.18. The maximum atomic E-state index is 12.1. The Morgan fingerprint density at radius 3 is 2.76 bits per heavy atom. The molecule has 0 saturated heterocycles. The van der Waals surface area contributed by atoms with Gasteiger partial charge < -0.3 is 15.0 Å². The molecule has 17 heavy (non-hydrogen) atoms. The topological polar surface area (TPSA) is 41.6 Å². The fourth-order valence-electron chi connectivity index (χ4n) is 1.82. The van der Waals surface area contributed by atoms with E-state index in [1.807, 2.05) is 4.90 Å². The lowest BCUT2D eigenvalue weighted by Gasteiger charge is -2.28. The van der Waals surface area contributed by atoms with Crippen LogP contribution < -0.4 is 5.32 Å². The second kappa shape index (κ2) is 7.67. The number of carbonyl (C=O) groups excluding carboxylic acids is 1. The lowest BCUT2D eigenvalue weighted by molar-refractivity contribution is -0.133. The molecule has 1 N–H and O–H groups in total. The van der Waals surface area contributed by atoms with Crippen LogP contribution in [-0.4, -0.2) is 49.7 Å². The highest BCUT2D eigenvalue weighted by molar-refractivity contribution is 5.76. The number of nitrogens with one attached hydrogen (secondary N) is 1. The summed E-state index contributed by atoms with van der Waals surface area (Å²) in [4.78, 5) is 14.0. The van der Waals surface area contributed by atoms with E-state index in [4.69, 9.17) is 4.74 Å². The summed E-state index contributed by atoms with van der Waals surface area (Å²) >= 11 is 0. The number of carbonyl (C=O) groups is 1. The van der Waals surface area contributed by atoms with Crippen LogP contribution in [0.5, 0.6) is 0 Å². The first-order chi connectivity index (χ1) is 8.19. The monoisotopic (exact) mass is 242 g/mol. The molecular formula is C13H26N2O2. The lowest BCUT2D eigenvalue weighted by atomic mass is 10.2. The van der Waals surface area contributed by atoms with Gasteiger partial charge in [-0.3, -0.25) is 4.79 Å². The molecule has 1 amide bonds.